The molecule has 1 aromatic heterocycles. The standard InChI is InChI=1S/C33H41N5O7S/c1-32(14-15-32)46(42,43)37-31(41)33-20-22(33)13-9-4-5-10-16-38(2)30(40)25-18-23(17-24(25)29(39)36-33)45-27-19-26(44-3)34-28(35-27)21-11-7-6-8-12-21/h6-9,11-13,19,22-25H,4-5,10,14-18,20H2,1-3H3,(H,36,39)(H,37,41)/b13-9-/t22-,23-,24-,25-,33-/m1/s1. The highest BCUT2D eigenvalue weighted by Gasteiger charge is 2.63. The van der Waals surface area contributed by atoms with Gasteiger partial charge in [-0.25, -0.2) is 8.42 Å². The van der Waals surface area contributed by atoms with Crippen molar-refractivity contribution in [1.82, 2.24) is 24.9 Å². The van der Waals surface area contributed by atoms with Crippen LogP contribution in [0.25, 0.3) is 11.4 Å². The second kappa shape index (κ2) is 12.3. The molecular weight excluding hydrogens is 610 g/mol. The SMILES string of the molecule is COc1cc(O[C@@H]2C[C@H]3C(=O)N[C@]4(C(=O)NS(=O)(=O)C5(C)CC5)C[C@H]4/C=C\CCCCN(C)C(=O)[C@@H]3C2)nc(-c2ccccc2)n1. The molecule has 2 aromatic rings. The zero-order valence-electron chi connectivity index (χ0n) is 26.4. The minimum Gasteiger partial charge on any atom is -0.481 e. The number of allylic oxidation sites excluding steroid dienone is 1. The summed E-state index contributed by atoms with van der Waals surface area (Å²) in [6.45, 7) is 2.16. The topological polar surface area (TPSA) is 157 Å². The molecule has 3 fully saturated rings. The van der Waals surface area contributed by atoms with Crippen molar-refractivity contribution in [2.24, 2.45) is 17.8 Å². The minimum atomic E-state index is -3.91. The van der Waals surface area contributed by atoms with Crippen molar-refractivity contribution < 1.29 is 32.3 Å². The molecule has 13 heteroatoms. The number of nitrogens with one attached hydrogen (secondary N) is 2. The van der Waals surface area contributed by atoms with Gasteiger partial charge in [0.1, 0.15) is 11.6 Å². The third-order valence-corrected chi connectivity index (χ3v) is 12.0. The number of carbonyl (C=O) groups is 3. The summed E-state index contributed by atoms with van der Waals surface area (Å²) in [5.74, 6) is -2.24. The maximum Gasteiger partial charge on any atom is 0.259 e. The third-order valence-electron chi connectivity index (χ3n) is 9.84. The Kier molecular flexibility index (Phi) is 8.55. The van der Waals surface area contributed by atoms with E-state index in [1.165, 1.54) is 7.11 Å². The number of hydrogen-bond donors (Lipinski definition) is 2. The molecule has 246 valence electrons. The van der Waals surface area contributed by atoms with Crippen molar-refractivity contribution in [3.8, 4) is 23.1 Å². The second-order valence-electron chi connectivity index (χ2n) is 13.2. The molecule has 4 aliphatic rings. The van der Waals surface area contributed by atoms with E-state index < -0.39 is 50.1 Å². The Morgan fingerprint density at radius 3 is 2.50 bits per heavy atom. The van der Waals surface area contributed by atoms with Crippen LogP contribution in [0.2, 0.25) is 0 Å². The number of fused-ring (bicyclic) bond motifs is 2. The van der Waals surface area contributed by atoms with Crippen LogP contribution in [0, 0.1) is 17.8 Å². The lowest BCUT2D eigenvalue weighted by Gasteiger charge is -2.27. The lowest BCUT2D eigenvalue weighted by atomic mass is 9.93. The lowest BCUT2D eigenvalue weighted by Crippen LogP contribution is -2.55. The first-order valence-corrected chi connectivity index (χ1v) is 17.4. The molecule has 3 saturated carbocycles. The maximum atomic E-state index is 14.0. The Hall–Kier alpha value is -4.00. The Morgan fingerprint density at radius 2 is 1.78 bits per heavy atom. The Morgan fingerprint density at radius 1 is 1.07 bits per heavy atom. The fraction of sp³-hybridized carbons (Fsp3) is 0.545. The first-order chi connectivity index (χ1) is 21.9. The van der Waals surface area contributed by atoms with Crippen LogP contribution >= 0.6 is 0 Å². The van der Waals surface area contributed by atoms with Crippen LogP contribution in [0.3, 0.4) is 0 Å². The number of hydrogen-bond acceptors (Lipinski definition) is 9. The van der Waals surface area contributed by atoms with E-state index in [2.05, 4.69) is 20.0 Å². The van der Waals surface area contributed by atoms with Gasteiger partial charge in [-0.1, -0.05) is 42.5 Å². The molecule has 2 heterocycles. The summed E-state index contributed by atoms with van der Waals surface area (Å²) in [4.78, 5) is 52.1. The fourth-order valence-electron chi connectivity index (χ4n) is 6.45. The molecule has 0 unspecified atom stereocenters. The molecule has 2 N–H and O–H groups in total. The number of benzene rings is 1. The molecule has 0 bridgehead atoms. The molecule has 5 atom stereocenters. The highest BCUT2D eigenvalue weighted by Crippen LogP contribution is 2.48. The van der Waals surface area contributed by atoms with E-state index in [0.29, 0.717) is 31.1 Å². The molecule has 6 rings (SSSR count). The van der Waals surface area contributed by atoms with Crippen LogP contribution in [-0.4, -0.2) is 78.1 Å². The van der Waals surface area contributed by atoms with Gasteiger partial charge in [0, 0.05) is 25.1 Å². The number of rotatable bonds is 7. The van der Waals surface area contributed by atoms with Crippen LogP contribution < -0.4 is 19.5 Å². The summed E-state index contributed by atoms with van der Waals surface area (Å²) in [5, 5.41) is 2.92. The van der Waals surface area contributed by atoms with E-state index in [0.717, 1.165) is 24.8 Å². The number of aromatic nitrogens is 2. The van der Waals surface area contributed by atoms with Gasteiger partial charge in [-0.15, -0.1) is 0 Å². The normalized spacial score (nSPS) is 29.8. The van der Waals surface area contributed by atoms with Gasteiger partial charge in [-0.2, -0.15) is 9.97 Å². The van der Waals surface area contributed by atoms with Gasteiger partial charge in [0.15, 0.2) is 5.82 Å². The number of carbonyl (C=O) groups excluding carboxylic acids is 3. The Balaban J connectivity index is 1.26. The zero-order chi connectivity index (χ0) is 32.7. The number of sulfonamides is 1. The average Bonchev–Trinajstić information content (AvgIpc) is 3.92. The van der Waals surface area contributed by atoms with Crippen molar-refractivity contribution in [1.29, 1.82) is 0 Å². The van der Waals surface area contributed by atoms with E-state index in [-0.39, 0.29) is 37.0 Å². The smallest absolute Gasteiger partial charge is 0.259 e. The molecule has 0 radical (unpaired) electrons. The molecule has 1 aliphatic heterocycles. The van der Waals surface area contributed by atoms with Crippen LogP contribution in [0.5, 0.6) is 11.8 Å². The van der Waals surface area contributed by atoms with Gasteiger partial charge < -0.3 is 19.7 Å². The summed E-state index contributed by atoms with van der Waals surface area (Å²) in [7, 11) is -0.669. The van der Waals surface area contributed by atoms with Crippen molar-refractivity contribution in [3.05, 3.63) is 48.6 Å². The third kappa shape index (κ3) is 6.33. The van der Waals surface area contributed by atoms with Crippen LogP contribution in [0.1, 0.15) is 58.3 Å². The van der Waals surface area contributed by atoms with Gasteiger partial charge in [0.25, 0.3) is 5.91 Å². The molecule has 12 nitrogen and oxygen atoms in total. The minimum absolute atomic E-state index is 0.167. The summed E-state index contributed by atoms with van der Waals surface area (Å²) in [5.41, 5.74) is -0.629. The van der Waals surface area contributed by atoms with Crippen molar-refractivity contribution in [2.75, 3.05) is 20.7 Å². The largest absolute Gasteiger partial charge is 0.481 e. The first kappa shape index (κ1) is 32.0. The van der Waals surface area contributed by atoms with Gasteiger partial charge in [-0.3, -0.25) is 19.1 Å². The van der Waals surface area contributed by atoms with E-state index in [9.17, 15) is 22.8 Å². The molecular formula is C33H41N5O7S. The predicted octanol–water partition coefficient (Wildman–Crippen LogP) is 3.00. The number of nitrogens with zero attached hydrogens (tertiary/aromatic N) is 3. The van der Waals surface area contributed by atoms with E-state index in [1.54, 1.807) is 24.9 Å². The molecule has 46 heavy (non-hydrogen) atoms. The van der Waals surface area contributed by atoms with Crippen LogP contribution in [0.15, 0.2) is 48.6 Å². The first-order valence-electron chi connectivity index (χ1n) is 15.9. The van der Waals surface area contributed by atoms with Crippen LogP contribution in [0.4, 0.5) is 0 Å². The quantitative estimate of drug-likeness (QED) is 0.430. The van der Waals surface area contributed by atoms with E-state index >= 15 is 0 Å². The number of methoxy groups -OCH3 is 1. The monoisotopic (exact) mass is 651 g/mol. The van der Waals surface area contributed by atoms with Crippen molar-refractivity contribution in [2.45, 2.75) is 74.7 Å². The van der Waals surface area contributed by atoms with Crippen molar-refractivity contribution >= 4 is 27.7 Å². The Labute approximate surface area is 269 Å². The van der Waals surface area contributed by atoms with Gasteiger partial charge >= 0.3 is 0 Å². The van der Waals surface area contributed by atoms with Crippen molar-refractivity contribution in [3.63, 3.8) is 0 Å². The van der Waals surface area contributed by atoms with Gasteiger partial charge in [-0.05, 0) is 58.3 Å². The summed E-state index contributed by atoms with van der Waals surface area (Å²) in [6, 6.07) is 11.0. The number of ether oxygens (including phenoxy) is 2. The Bertz CT molecular complexity index is 1640. The maximum absolute atomic E-state index is 14.0. The summed E-state index contributed by atoms with van der Waals surface area (Å²) in [6.07, 6.45) is 7.42. The van der Waals surface area contributed by atoms with E-state index in [1.807, 2.05) is 42.5 Å². The van der Waals surface area contributed by atoms with Crippen LogP contribution in [-0.2, 0) is 24.4 Å². The van der Waals surface area contributed by atoms with Gasteiger partial charge in [0.05, 0.1) is 29.8 Å². The molecule has 0 spiro atoms. The average molecular weight is 652 g/mol. The van der Waals surface area contributed by atoms with E-state index in [4.69, 9.17) is 9.47 Å². The zero-order valence-corrected chi connectivity index (χ0v) is 27.2. The number of amides is 3. The highest BCUT2D eigenvalue weighted by atomic mass is 32.2. The molecule has 3 amide bonds. The summed E-state index contributed by atoms with van der Waals surface area (Å²) < 4.78 is 38.9. The molecule has 3 aliphatic carbocycles. The fourth-order valence-corrected chi connectivity index (χ4v) is 7.76. The molecule has 1 aromatic carbocycles. The summed E-state index contributed by atoms with van der Waals surface area (Å²) >= 11 is 0. The predicted molar refractivity (Wildman–Crippen MR) is 169 cm³/mol. The lowest BCUT2D eigenvalue weighted by molar-refractivity contribution is -0.140. The second-order valence-corrected chi connectivity index (χ2v) is 15.4. The van der Waals surface area contributed by atoms with Gasteiger partial charge in [0.2, 0.25) is 33.6 Å². The molecule has 0 saturated heterocycles. The highest BCUT2D eigenvalue weighted by molar-refractivity contribution is 7.91.